The van der Waals surface area contributed by atoms with Crippen LogP contribution in [0.2, 0.25) is 0 Å². The summed E-state index contributed by atoms with van der Waals surface area (Å²) in [6.45, 7) is 4.48. The third-order valence-corrected chi connectivity index (χ3v) is 6.03. The van der Waals surface area contributed by atoms with Crippen LogP contribution >= 0.6 is 23.1 Å². The monoisotopic (exact) mass is 387 g/mol. The summed E-state index contributed by atoms with van der Waals surface area (Å²) in [6, 6.07) is 6.46. The fourth-order valence-electron chi connectivity index (χ4n) is 2.60. The zero-order valence-corrected chi connectivity index (χ0v) is 16.4. The van der Waals surface area contributed by atoms with Gasteiger partial charge in [0.05, 0.1) is 12.0 Å². The van der Waals surface area contributed by atoms with Crippen LogP contribution < -0.4 is 5.32 Å². The zero-order chi connectivity index (χ0) is 18.5. The summed E-state index contributed by atoms with van der Waals surface area (Å²) in [5, 5.41) is 15.5. The van der Waals surface area contributed by atoms with Crippen molar-refractivity contribution in [2.45, 2.75) is 25.3 Å². The van der Waals surface area contributed by atoms with E-state index in [1.807, 2.05) is 0 Å². The van der Waals surface area contributed by atoms with E-state index in [9.17, 15) is 4.79 Å². The van der Waals surface area contributed by atoms with Gasteiger partial charge in [0.25, 0.3) is 0 Å². The van der Waals surface area contributed by atoms with E-state index in [2.05, 4.69) is 52.7 Å². The number of fused-ring (bicyclic) bond motifs is 1. The van der Waals surface area contributed by atoms with Gasteiger partial charge in [-0.1, -0.05) is 18.2 Å². The van der Waals surface area contributed by atoms with Gasteiger partial charge in [-0.25, -0.2) is 9.97 Å². The molecule has 2 heterocycles. The average Bonchev–Trinajstić information content (AvgIpc) is 3.07. The number of nitrogens with zero attached hydrogens (tertiary/aromatic N) is 2. The summed E-state index contributed by atoms with van der Waals surface area (Å²) < 4.78 is 0. The number of nitrogens with one attached hydrogen (secondary N) is 1. The van der Waals surface area contributed by atoms with Gasteiger partial charge in [0, 0.05) is 29.7 Å². The largest absolute Gasteiger partial charge is 0.395 e. The highest BCUT2D eigenvalue weighted by Crippen LogP contribution is 2.38. The molecular weight excluding hydrogens is 366 g/mol. The summed E-state index contributed by atoms with van der Waals surface area (Å²) in [5.41, 5.74) is 4.83. The maximum absolute atomic E-state index is 11.7. The number of thiophene rings is 1. The number of hydrogen-bond acceptors (Lipinski definition) is 6. The fourth-order valence-corrected chi connectivity index (χ4v) is 4.54. The number of amides is 1. The van der Waals surface area contributed by atoms with Crippen LogP contribution in [0.15, 0.2) is 34.9 Å². The summed E-state index contributed by atoms with van der Waals surface area (Å²) in [6.07, 6.45) is 1.97. The van der Waals surface area contributed by atoms with Crippen LogP contribution in [0, 0.1) is 13.8 Å². The number of rotatable bonds is 7. The van der Waals surface area contributed by atoms with E-state index in [-0.39, 0.29) is 12.5 Å². The number of hydrogen-bond donors (Lipinski definition) is 2. The maximum atomic E-state index is 11.7. The molecule has 0 saturated heterocycles. The van der Waals surface area contributed by atoms with Crippen molar-refractivity contribution in [3.63, 3.8) is 0 Å². The minimum Gasteiger partial charge on any atom is -0.395 e. The van der Waals surface area contributed by atoms with E-state index in [1.54, 1.807) is 29.4 Å². The molecule has 0 atom stereocenters. The number of aryl methyl sites for hydroxylation is 2. The van der Waals surface area contributed by atoms with Crippen LogP contribution in [0.25, 0.3) is 21.3 Å². The molecule has 26 heavy (non-hydrogen) atoms. The van der Waals surface area contributed by atoms with Gasteiger partial charge in [-0.05, 0) is 30.5 Å². The van der Waals surface area contributed by atoms with Crippen LogP contribution in [-0.4, -0.2) is 39.9 Å². The third-order valence-electron chi connectivity index (χ3n) is 4.16. The minimum atomic E-state index is -0.0587. The van der Waals surface area contributed by atoms with Crippen molar-refractivity contribution in [3.05, 3.63) is 41.0 Å². The van der Waals surface area contributed by atoms with Crippen LogP contribution in [0.4, 0.5) is 0 Å². The number of carbonyl (C=O) groups excluding carboxylic acids is 1. The van der Waals surface area contributed by atoms with Crippen molar-refractivity contribution in [2.75, 3.05) is 18.9 Å². The highest BCUT2D eigenvalue weighted by molar-refractivity contribution is 7.99. The third kappa shape index (κ3) is 4.23. The predicted molar refractivity (Wildman–Crippen MR) is 108 cm³/mol. The molecule has 1 amide bonds. The Hall–Kier alpha value is -1.96. The lowest BCUT2D eigenvalue weighted by molar-refractivity contribution is -0.120. The van der Waals surface area contributed by atoms with Gasteiger partial charge in [0.1, 0.15) is 16.2 Å². The predicted octanol–water partition coefficient (Wildman–Crippen LogP) is 3.57. The number of aromatic nitrogens is 2. The molecule has 136 valence electrons. The van der Waals surface area contributed by atoms with E-state index in [0.717, 1.165) is 26.4 Å². The second-order valence-electron chi connectivity index (χ2n) is 5.98. The van der Waals surface area contributed by atoms with Crippen molar-refractivity contribution in [3.8, 4) is 11.1 Å². The van der Waals surface area contributed by atoms with Gasteiger partial charge in [0.15, 0.2) is 0 Å². The number of aliphatic hydroxyl groups excluding tert-OH is 1. The van der Waals surface area contributed by atoms with Crippen molar-refractivity contribution in [1.29, 1.82) is 0 Å². The Morgan fingerprint density at radius 3 is 2.88 bits per heavy atom. The van der Waals surface area contributed by atoms with Crippen LogP contribution in [0.1, 0.15) is 17.5 Å². The molecule has 0 unspecified atom stereocenters. The summed E-state index contributed by atoms with van der Waals surface area (Å²) in [5.74, 6) is 0.572. The maximum Gasteiger partial charge on any atom is 0.220 e. The lowest BCUT2D eigenvalue weighted by Gasteiger charge is -2.07. The lowest BCUT2D eigenvalue weighted by atomic mass is 10.0. The highest BCUT2D eigenvalue weighted by Gasteiger charge is 2.14. The molecule has 0 aliphatic carbocycles. The van der Waals surface area contributed by atoms with E-state index >= 15 is 0 Å². The molecule has 1 aromatic carbocycles. The molecule has 2 aromatic heterocycles. The van der Waals surface area contributed by atoms with E-state index in [1.165, 1.54) is 11.1 Å². The summed E-state index contributed by atoms with van der Waals surface area (Å²) in [4.78, 5) is 21.5. The Morgan fingerprint density at radius 2 is 2.12 bits per heavy atom. The molecule has 0 fully saturated rings. The van der Waals surface area contributed by atoms with Gasteiger partial charge >= 0.3 is 0 Å². The van der Waals surface area contributed by atoms with E-state index in [4.69, 9.17) is 5.11 Å². The normalized spacial score (nSPS) is 11.0. The topological polar surface area (TPSA) is 75.1 Å². The van der Waals surface area contributed by atoms with E-state index in [0.29, 0.717) is 18.7 Å². The Kier molecular flexibility index (Phi) is 6.24. The lowest BCUT2D eigenvalue weighted by Crippen LogP contribution is -2.26. The molecule has 0 aliphatic heterocycles. The molecule has 0 bridgehead atoms. The first-order valence-electron chi connectivity index (χ1n) is 8.40. The van der Waals surface area contributed by atoms with Crippen molar-refractivity contribution >= 4 is 39.2 Å². The second-order valence-corrected chi connectivity index (χ2v) is 7.92. The average molecular weight is 388 g/mol. The Morgan fingerprint density at radius 1 is 1.27 bits per heavy atom. The minimum absolute atomic E-state index is 0.0420. The van der Waals surface area contributed by atoms with Crippen LogP contribution in [-0.2, 0) is 4.79 Å². The highest BCUT2D eigenvalue weighted by atomic mass is 32.2. The molecule has 0 aliphatic rings. The molecule has 0 radical (unpaired) electrons. The fraction of sp³-hybridized carbons (Fsp3) is 0.316. The quantitative estimate of drug-likeness (QED) is 0.479. The smallest absolute Gasteiger partial charge is 0.220 e. The molecule has 5 nitrogen and oxygen atoms in total. The first kappa shape index (κ1) is 18.8. The van der Waals surface area contributed by atoms with Gasteiger partial charge in [-0.2, -0.15) is 0 Å². The van der Waals surface area contributed by atoms with E-state index < -0.39 is 0 Å². The van der Waals surface area contributed by atoms with Gasteiger partial charge < -0.3 is 10.4 Å². The first-order chi connectivity index (χ1) is 12.6. The molecule has 3 rings (SSSR count). The zero-order valence-electron chi connectivity index (χ0n) is 14.8. The first-order valence-corrected chi connectivity index (χ1v) is 10.3. The molecule has 3 aromatic rings. The van der Waals surface area contributed by atoms with Crippen molar-refractivity contribution in [2.24, 2.45) is 0 Å². The van der Waals surface area contributed by atoms with Crippen molar-refractivity contribution in [1.82, 2.24) is 15.3 Å². The number of thioether (sulfide) groups is 1. The number of aliphatic hydroxyl groups is 1. The Labute approximate surface area is 160 Å². The van der Waals surface area contributed by atoms with Gasteiger partial charge in [-0.3, -0.25) is 4.79 Å². The van der Waals surface area contributed by atoms with Gasteiger partial charge in [-0.15, -0.1) is 23.1 Å². The standard InChI is InChI=1S/C19H21N3O2S2/c1-12-3-4-14(9-13(12)2)15-10-26-19-17(15)18(21-11-22-19)25-8-5-16(24)20-6-7-23/h3-4,9-11,23H,5-8H2,1-2H3,(H,20,24). The molecule has 2 N–H and O–H groups in total. The van der Waals surface area contributed by atoms with Gasteiger partial charge in [0.2, 0.25) is 5.91 Å². The second kappa shape index (κ2) is 8.62. The molecule has 0 saturated carbocycles. The Balaban J connectivity index is 1.84. The summed E-state index contributed by atoms with van der Waals surface area (Å²) in [7, 11) is 0. The molecule has 7 heteroatoms. The number of carbonyl (C=O) groups is 1. The van der Waals surface area contributed by atoms with Crippen LogP contribution in [0.3, 0.4) is 0 Å². The Bertz CT molecular complexity index is 924. The SMILES string of the molecule is Cc1ccc(-c2csc3ncnc(SCCC(=O)NCCO)c23)cc1C. The summed E-state index contributed by atoms with van der Waals surface area (Å²) >= 11 is 3.18. The number of benzene rings is 1. The molecule has 0 spiro atoms. The van der Waals surface area contributed by atoms with Crippen LogP contribution in [0.5, 0.6) is 0 Å². The molecular formula is C19H21N3O2S2. The van der Waals surface area contributed by atoms with Crippen molar-refractivity contribution < 1.29 is 9.90 Å².